The molecular weight excluding hydrogens is 342 g/mol. The van der Waals surface area contributed by atoms with Gasteiger partial charge in [0.1, 0.15) is 0 Å². The van der Waals surface area contributed by atoms with Gasteiger partial charge in [-0.2, -0.15) is 5.10 Å². The van der Waals surface area contributed by atoms with Crippen LogP contribution in [0.2, 0.25) is 0 Å². The molecule has 4 aromatic carbocycles. The third-order valence-electron chi connectivity index (χ3n) is 4.89. The first-order valence-corrected chi connectivity index (χ1v) is 9.34. The minimum Gasteiger partial charge on any atom is -0.354 e. The highest BCUT2D eigenvalue weighted by molar-refractivity contribution is 6.12. The average molecular weight is 361 g/mol. The second-order valence-corrected chi connectivity index (χ2v) is 6.67. The number of hydrazone groups is 1. The molecule has 5 rings (SSSR count). The van der Waals surface area contributed by atoms with Crippen LogP contribution in [0.3, 0.4) is 0 Å². The Morgan fingerprint density at radius 3 is 1.93 bits per heavy atom. The molecule has 1 aromatic heterocycles. The van der Waals surface area contributed by atoms with E-state index in [1.165, 1.54) is 10.8 Å². The summed E-state index contributed by atoms with van der Waals surface area (Å²) in [5, 5.41) is 9.25. The van der Waals surface area contributed by atoms with Gasteiger partial charge in [-0.05, 0) is 30.3 Å². The lowest BCUT2D eigenvalue weighted by Crippen LogP contribution is -2.09. The predicted molar refractivity (Wildman–Crippen MR) is 118 cm³/mol. The molecule has 3 heteroatoms. The van der Waals surface area contributed by atoms with Crippen molar-refractivity contribution in [2.75, 3.05) is 5.01 Å². The first-order chi connectivity index (χ1) is 13.9. The molecule has 0 spiro atoms. The van der Waals surface area contributed by atoms with Gasteiger partial charge in [0.25, 0.3) is 0 Å². The van der Waals surface area contributed by atoms with E-state index in [1.54, 1.807) is 0 Å². The summed E-state index contributed by atoms with van der Waals surface area (Å²) in [7, 11) is 0. The number of hydrogen-bond donors (Lipinski definition) is 1. The zero-order valence-electron chi connectivity index (χ0n) is 15.3. The second kappa shape index (κ2) is 7.05. The van der Waals surface area contributed by atoms with Crippen molar-refractivity contribution in [3.8, 4) is 0 Å². The summed E-state index contributed by atoms with van der Waals surface area (Å²) in [5.74, 6) is 0. The van der Waals surface area contributed by atoms with Crippen LogP contribution < -0.4 is 5.01 Å². The number of benzene rings is 4. The van der Waals surface area contributed by atoms with Crippen LogP contribution in [0.5, 0.6) is 0 Å². The van der Waals surface area contributed by atoms with Crippen molar-refractivity contribution in [1.29, 1.82) is 0 Å². The molecule has 0 aliphatic rings. The van der Waals surface area contributed by atoms with Crippen LogP contribution in [-0.2, 0) is 0 Å². The number of H-pyrrole nitrogens is 1. The molecule has 5 aromatic rings. The Morgan fingerprint density at radius 2 is 1.21 bits per heavy atom. The van der Waals surface area contributed by atoms with Crippen molar-refractivity contribution in [3.05, 3.63) is 109 Å². The zero-order chi connectivity index (χ0) is 18.8. The van der Waals surface area contributed by atoms with E-state index in [9.17, 15) is 0 Å². The SMILES string of the molecule is C(=NN(c1ccccc1)c1ccccc1)c1cccc2c1[nH]c1ccccc12. The molecule has 0 aliphatic carbocycles. The molecule has 0 atom stereocenters. The van der Waals surface area contributed by atoms with E-state index < -0.39 is 0 Å². The Balaban J connectivity index is 1.62. The topological polar surface area (TPSA) is 31.4 Å². The van der Waals surface area contributed by atoms with Crippen molar-refractivity contribution in [2.24, 2.45) is 5.10 Å². The lowest BCUT2D eigenvalue weighted by Gasteiger charge is -2.19. The van der Waals surface area contributed by atoms with Crippen LogP contribution in [0, 0.1) is 0 Å². The molecule has 0 radical (unpaired) electrons. The third kappa shape index (κ3) is 2.93. The summed E-state index contributed by atoms with van der Waals surface area (Å²) in [6.45, 7) is 0. The molecule has 0 aliphatic heterocycles. The zero-order valence-corrected chi connectivity index (χ0v) is 15.3. The quantitative estimate of drug-likeness (QED) is 0.288. The van der Waals surface area contributed by atoms with Gasteiger partial charge in [-0.15, -0.1) is 0 Å². The molecule has 0 saturated carbocycles. The third-order valence-corrected chi connectivity index (χ3v) is 4.89. The molecule has 0 fully saturated rings. The molecule has 28 heavy (non-hydrogen) atoms. The molecular formula is C25H19N3. The van der Waals surface area contributed by atoms with Crippen LogP contribution in [0.4, 0.5) is 11.4 Å². The number of aromatic nitrogens is 1. The van der Waals surface area contributed by atoms with Crippen LogP contribution in [0.25, 0.3) is 21.8 Å². The summed E-state index contributed by atoms with van der Waals surface area (Å²) in [5.41, 5.74) is 5.35. The first-order valence-electron chi connectivity index (χ1n) is 9.34. The maximum atomic E-state index is 4.84. The fraction of sp³-hybridized carbons (Fsp3) is 0. The van der Waals surface area contributed by atoms with Crippen molar-refractivity contribution >= 4 is 39.4 Å². The van der Waals surface area contributed by atoms with Gasteiger partial charge in [0.15, 0.2) is 0 Å². The van der Waals surface area contributed by atoms with Gasteiger partial charge in [0, 0.05) is 21.9 Å². The van der Waals surface area contributed by atoms with E-state index >= 15 is 0 Å². The highest BCUT2D eigenvalue weighted by Gasteiger charge is 2.09. The highest BCUT2D eigenvalue weighted by atomic mass is 15.5. The minimum absolute atomic E-state index is 1.02. The fourth-order valence-electron chi connectivity index (χ4n) is 3.54. The van der Waals surface area contributed by atoms with Gasteiger partial charge in [-0.25, -0.2) is 5.01 Å². The molecule has 134 valence electrons. The summed E-state index contributed by atoms with van der Waals surface area (Å²) >= 11 is 0. The second-order valence-electron chi connectivity index (χ2n) is 6.67. The van der Waals surface area contributed by atoms with Crippen molar-refractivity contribution < 1.29 is 0 Å². The Kier molecular flexibility index (Phi) is 4.11. The van der Waals surface area contributed by atoms with Gasteiger partial charge < -0.3 is 4.98 Å². The predicted octanol–water partition coefficient (Wildman–Crippen LogP) is 6.49. The van der Waals surface area contributed by atoms with Crippen LogP contribution in [0.15, 0.2) is 108 Å². The minimum atomic E-state index is 1.02. The first kappa shape index (κ1) is 16.3. The van der Waals surface area contributed by atoms with Crippen molar-refractivity contribution in [3.63, 3.8) is 0 Å². The summed E-state index contributed by atoms with van der Waals surface area (Å²) in [4.78, 5) is 3.54. The lowest BCUT2D eigenvalue weighted by atomic mass is 10.1. The number of hydrogen-bond acceptors (Lipinski definition) is 2. The Hall–Kier alpha value is -3.85. The number of nitrogens with zero attached hydrogens (tertiary/aromatic N) is 2. The number of nitrogens with one attached hydrogen (secondary N) is 1. The molecule has 1 N–H and O–H groups in total. The van der Waals surface area contributed by atoms with Crippen molar-refractivity contribution in [2.45, 2.75) is 0 Å². The largest absolute Gasteiger partial charge is 0.354 e. The number of para-hydroxylation sites is 4. The smallest absolute Gasteiger partial charge is 0.0652 e. The van der Waals surface area contributed by atoms with Gasteiger partial charge >= 0.3 is 0 Å². The van der Waals surface area contributed by atoms with Crippen LogP contribution in [-0.4, -0.2) is 11.2 Å². The van der Waals surface area contributed by atoms with Crippen molar-refractivity contribution in [1.82, 2.24) is 4.98 Å². The normalized spacial score (nSPS) is 11.4. The molecule has 1 heterocycles. The highest BCUT2D eigenvalue weighted by Crippen LogP contribution is 2.28. The van der Waals surface area contributed by atoms with E-state index in [0.29, 0.717) is 0 Å². The molecule has 3 nitrogen and oxygen atoms in total. The monoisotopic (exact) mass is 361 g/mol. The number of fused-ring (bicyclic) bond motifs is 3. The lowest BCUT2D eigenvalue weighted by molar-refractivity contribution is 1.09. The molecule has 0 bridgehead atoms. The van der Waals surface area contributed by atoms with E-state index in [0.717, 1.165) is 28.0 Å². The standard InChI is InChI=1S/C25H19N3/c1-3-11-20(12-4-1)28(21-13-5-2-6-14-21)26-18-19-10-9-16-23-22-15-7-8-17-24(22)27-25(19)23/h1-18,27H. The Morgan fingerprint density at radius 1 is 0.607 bits per heavy atom. The fourth-order valence-corrected chi connectivity index (χ4v) is 3.54. The van der Waals surface area contributed by atoms with E-state index in [-0.39, 0.29) is 0 Å². The van der Waals surface area contributed by atoms with Gasteiger partial charge in [0.05, 0.1) is 23.1 Å². The molecule has 0 saturated heterocycles. The van der Waals surface area contributed by atoms with Gasteiger partial charge in [0.2, 0.25) is 0 Å². The van der Waals surface area contributed by atoms with Gasteiger partial charge in [-0.1, -0.05) is 72.8 Å². The van der Waals surface area contributed by atoms with E-state index in [4.69, 9.17) is 5.10 Å². The number of aromatic amines is 1. The molecule has 0 unspecified atom stereocenters. The summed E-state index contributed by atoms with van der Waals surface area (Å²) < 4.78 is 0. The maximum Gasteiger partial charge on any atom is 0.0652 e. The molecule has 0 amide bonds. The van der Waals surface area contributed by atoms with E-state index in [2.05, 4.69) is 71.7 Å². The summed E-state index contributed by atoms with van der Waals surface area (Å²) in [6, 6.07) is 35.1. The van der Waals surface area contributed by atoms with Crippen LogP contribution in [0.1, 0.15) is 5.56 Å². The maximum absolute atomic E-state index is 4.84. The number of rotatable bonds is 4. The Bertz CT molecular complexity index is 1210. The average Bonchev–Trinajstić information content (AvgIpc) is 3.15. The van der Waals surface area contributed by atoms with Gasteiger partial charge in [-0.3, -0.25) is 0 Å². The Labute approximate surface area is 163 Å². The van der Waals surface area contributed by atoms with E-state index in [1.807, 2.05) is 47.6 Å². The summed E-state index contributed by atoms with van der Waals surface area (Å²) in [6.07, 6.45) is 1.93. The van der Waals surface area contributed by atoms with Crippen LogP contribution >= 0.6 is 0 Å². The number of anilines is 2.